The van der Waals surface area contributed by atoms with E-state index >= 15 is 0 Å². The van der Waals surface area contributed by atoms with Crippen LogP contribution < -0.4 is 14.8 Å². The Morgan fingerprint density at radius 1 is 1.27 bits per heavy atom. The van der Waals surface area contributed by atoms with Gasteiger partial charge in [-0.15, -0.1) is 0 Å². The summed E-state index contributed by atoms with van der Waals surface area (Å²) in [6.45, 7) is 3.39. The lowest BCUT2D eigenvalue weighted by Gasteiger charge is -2.13. The summed E-state index contributed by atoms with van der Waals surface area (Å²) in [7, 11) is 1.86. The lowest BCUT2D eigenvalue weighted by Crippen LogP contribution is -2.23. The maximum Gasteiger partial charge on any atom is 0.252 e. The highest BCUT2D eigenvalue weighted by Crippen LogP contribution is 2.41. The van der Waals surface area contributed by atoms with Gasteiger partial charge in [0.05, 0.1) is 34.9 Å². The second-order valence-corrected chi connectivity index (χ2v) is 8.32. The van der Waals surface area contributed by atoms with E-state index < -0.39 is 0 Å². The minimum atomic E-state index is -0.149. The molecule has 5 rings (SSSR count). The molecule has 0 radical (unpaired) electrons. The van der Waals surface area contributed by atoms with E-state index in [0.717, 1.165) is 47.2 Å². The van der Waals surface area contributed by atoms with Gasteiger partial charge >= 0.3 is 0 Å². The van der Waals surface area contributed by atoms with Crippen molar-refractivity contribution in [1.29, 1.82) is 0 Å². The molecule has 0 unspecified atom stereocenters. The zero-order chi connectivity index (χ0) is 20.8. The molecule has 1 amide bonds. The van der Waals surface area contributed by atoms with Crippen molar-refractivity contribution in [3.63, 3.8) is 0 Å². The molecule has 0 atom stereocenters. The molecule has 7 nitrogen and oxygen atoms in total. The lowest BCUT2D eigenvalue weighted by atomic mass is 10.1. The van der Waals surface area contributed by atoms with E-state index in [-0.39, 0.29) is 5.91 Å². The first kappa shape index (κ1) is 19.2. The van der Waals surface area contributed by atoms with Crippen molar-refractivity contribution in [2.45, 2.75) is 38.6 Å². The van der Waals surface area contributed by atoms with Gasteiger partial charge in [-0.2, -0.15) is 5.10 Å². The molecule has 0 spiro atoms. The molecule has 156 valence electrons. The summed E-state index contributed by atoms with van der Waals surface area (Å²) in [5, 5.41) is 8.78. The van der Waals surface area contributed by atoms with Gasteiger partial charge in [0.25, 0.3) is 5.91 Å². The number of carbonyl (C=O) groups is 1. The Bertz CT molecular complexity index is 1150. The normalized spacial score (nSPS) is 15.8. The molecule has 1 fully saturated rings. The van der Waals surface area contributed by atoms with E-state index in [1.54, 1.807) is 4.68 Å². The van der Waals surface area contributed by atoms with Gasteiger partial charge in [-0.1, -0.05) is 11.6 Å². The molecule has 2 aromatic heterocycles. The fourth-order valence-electron chi connectivity index (χ4n) is 3.90. The maximum absolute atomic E-state index is 13.2. The first-order valence-corrected chi connectivity index (χ1v) is 10.6. The van der Waals surface area contributed by atoms with Gasteiger partial charge in [-0.05, 0) is 43.5 Å². The highest BCUT2D eigenvalue weighted by Gasteiger charge is 2.28. The number of carbonyl (C=O) groups excluding carboxylic acids is 1. The summed E-state index contributed by atoms with van der Waals surface area (Å²) in [5.41, 5.74) is 3.99. The fourth-order valence-corrected chi connectivity index (χ4v) is 4.18. The number of nitrogens with zero attached hydrogens (tertiary/aromatic N) is 3. The van der Waals surface area contributed by atoms with E-state index in [1.807, 2.05) is 32.2 Å². The van der Waals surface area contributed by atoms with Crippen molar-refractivity contribution in [3.8, 4) is 11.5 Å². The van der Waals surface area contributed by atoms with Crippen LogP contribution in [0.1, 0.15) is 52.5 Å². The third-order valence-corrected chi connectivity index (χ3v) is 5.82. The number of hydrogen-bond acceptors (Lipinski definition) is 5. The first-order valence-electron chi connectivity index (χ1n) is 10.2. The van der Waals surface area contributed by atoms with Gasteiger partial charge in [-0.25, -0.2) is 4.98 Å². The van der Waals surface area contributed by atoms with Crippen LogP contribution in [0, 0.1) is 6.92 Å². The number of aryl methyl sites for hydroxylation is 2. The van der Waals surface area contributed by atoms with Crippen molar-refractivity contribution in [3.05, 3.63) is 45.7 Å². The Labute approximate surface area is 179 Å². The topological polar surface area (TPSA) is 78.3 Å². The number of nitrogens with one attached hydrogen (secondary N) is 1. The molecule has 1 N–H and O–H groups in total. The summed E-state index contributed by atoms with van der Waals surface area (Å²) in [6.07, 6.45) is 3.04. The largest absolute Gasteiger partial charge is 0.489 e. The van der Waals surface area contributed by atoms with E-state index in [4.69, 9.17) is 26.1 Å². The van der Waals surface area contributed by atoms with Crippen molar-refractivity contribution >= 4 is 28.5 Å². The zero-order valence-electron chi connectivity index (χ0n) is 17.0. The van der Waals surface area contributed by atoms with Crippen molar-refractivity contribution in [2.75, 3.05) is 13.2 Å². The second-order valence-electron chi connectivity index (χ2n) is 7.91. The highest BCUT2D eigenvalue weighted by molar-refractivity contribution is 6.32. The third-order valence-electron chi connectivity index (χ3n) is 5.54. The molecule has 2 aliphatic rings. The Morgan fingerprint density at radius 2 is 2.07 bits per heavy atom. The second kappa shape index (κ2) is 7.47. The molecular weight excluding hydrogens is 404 g/mol. The number of hydrogen-bond donors (Lipinski definition) is 1. The summed E-state index contributed by atoms with van der Waals surface area (Å²) < 4.78 is 13.2. The van der Waals surface area contributed by atoms with Gasteiger partial charge in [0.15, 0.2) is 17.1 Å². The van der Waals surface area contributed by atoms with Crippen LogP contribution in [0.15, 0.2) is 18.2 Å². The number of fused-ring (bicyclic) bond motifs is 2. The molecule has 1 aliphatic heterocycles. The summed E-state index contributed by atoms with van der Waals surface area (Å²) in [5.74, 6) is 1.48. The minimum absolute atomic E-state index is 0.149. The number of pyridine rings is 1. The lowest BCUT2D eigenvalue weighted by molar-refractivity contribution is 0.0952. The third kappa shape index (κ3) is 3.47. The Morgan fingerprint density at radius 3 is 2.87 bits per heavy atom. The molecule has 8 heteroatoms. The monoisotopic (exact) mass is 426 g/mol. The van der Waals surface area contributed by atoms with Crippen molar-refractivity contribution in [2.24, 2.45) is 7.05 Å². The number of aromatic nitrogens is 3. The number of benzene rings is 1. The molecular formula is C22H23ClN4O3. The Balaban J connectivity index is 1.43. The van der Waals surface area contributed by atoms with E-state index in [1.165, 1.54) is 0 Å². The van der Waals surface area contributed by atoms with E-state index in [9.17, 15) is 4.79 Å². The number of halogens is 1. The number of amides is 1. The molecule has 1 saturated carbocycles. The quantitative estimate of drug-likeness (QED) is 0.684. The minimum Gasteiger partial charge on any atom is -0.489 e. The van der Waals surface area contributed by atoms with Crippen LogP contribution in [-0.2, 0) is 13.6 Å². The van der Waals surface area contributed by atoms with Gasteiger partial charge in [0.2, 0.25) is 0 Å². The standard InChI is InChI=1S/C22H23ClN4O3/c1-12-19-15(10-17(14-4-5-14)25-21(19)27(2)26-12)22(28)24-11-13-8-16(23)20-18(9-13)29-6-3-7-30-20/h8-10,14H,3-7,11H2,1-2H3,(H,24,28). The molecule has 30 heavy (non-hydrogen) atoms. The van der Waals surface area contributed by atoms with Gasteiger partial charge < -0.3 is 14.8 Å². The molecule has 3 heterocycles. The molecule has 1 aromatic carbocycles. The molecule has 0 bridgehead atoms. The average Bonchev–Trinajstić information content (AvgIpc) is 3.55. The summed E-state index contributed by atoms with van der Waals surface area (Å²) in [6, 6.07) is 5.60. The van der Waals surface area contributed by atoms with E-state index in [2.05, 4.69) is 10.4 Å². The predicted octanol–water partition coefficient (Wildman–Crippen LogP) is 3.90. The Hall–Kier alpha value is -2.80. The first-order chi connectivity index (χ1) is 14.5. The van der Waals surface area contributed by atoms with Crippen LogP contribution in [0.25, 0.3) is 11.0 Å². The van der Waals surface area contributed by atoms with E-state index in [0.29, 0.717) is 47.8 Å². The number of rotatable bonds is 4. The van der Waals surface area contributed by atoms with Crippen molar-refractivity contribution in [1.82, 2.24) is 20.1 Å². The molecule has 1 aliphatic carbocycles. The highest BCUT2D eigenvalue weighted by atomic mass is 35.5. The SMILES string of the molecule is Cc1nn(C)c2nc(C3CC3)cc(C(=O)NCc3cc(Cl)c4c(c3)OCCCO4)c12. The van der Waals surface area contributed by atoms with Gasteiger partial charge in [0.1, 0.15) is 0 Å². The maximum atomic E-state index is 13.2. The molecule has 0 saturated heterocycles. The zero-order valence-corrected chi connectivity index (χ0v) is 17.8. The molecule has 3 aromatic rings. The van der Waals surface area contributed by atoms with Gasteiger partial charge in [-0.3, -0.25) is 9.48 Å². The summed E-state index contributed by atoms with van der Waals surface area (Å²) in [4.78, 5) is 17.9. The van der Waals surface area contributed by atoms with Crippen LogP contribution >= 0.6 is 11.6 Å². The van der Waals surface area contributed by atoms with Crippen LogP contribution in [0.2, 0.25) is 5.02 Å². The fraction of sp³-hybridized carbons (Fsp3) is 0.409. The average molecular weight is 427 g/mol. The van der Waals surface area contributed by atoms with Crippen molar-refractivity contribution < 1.29 is 14.3 Å². The Kier molecular flexibility index (Phi) is 4.77. The number of ether oxygens (including phenoxy) is 2. The van der Waals surface area contributed by atoms with Crippen LogP contribution in [0.4, 0.5) is 0 Å². The summed E-state index contributed by atoms with van der Waals surface area (Å²) >= 11 is 6.38. The van der Waals surface area contributed by atoms with Crippen LogP contribution in [0.3, 0.4) is 0 Å². The predicted molar refractivity (Wildman–Crippen MR) is 113 cm³/mol. The van der Waals surface area contributed by atoms with Crippen LogP contribution in [0.5, 0.6) is 11.5 Å². The smallest absolute Gasteiger partial charge is 0.252 e. The van der Waals surface area contributed by atoms with Gasteiger partial charge in [0, 0.05) is 31.6 Å². The van der Waals surface area contributed by atoms with Crippen LogP contribution in [-0.4, -0.2) is 33.9 Å².